The maximum Gasteiger partial charge on any atom is 0.258 e. The number of thioether (sulfide) groups is 1. The van der Waals surface area contributed by atoms with Gasteiger partial charge in [0, 0.05) is 11.6 Å². The van der Waals surface area contributed by atoms with Crippen molar-refractivity contribution >= 4 is 28.6 Å². The molecule has 0 saturated carbocycles. The minimum Gasteiger partial charge on any atom is -0.342 e. The number of aromatic nitrogens is 5. The van der Waals surface area contributed by atoms with Gasteiger partial charge in [-0.25, -0.2) is 4.98 Å². The normalized spacial score (nSPS) is 12.2. The number of carbonyl (C=O) groups excluding carboxylic acids is 1. The summed E-state index contributed by atoms with van der Waals surface area (Å²) in [6.45, 7) is 5.97. The zero-order valence-electron chi connectivity index (χ0n) is 18.1. The molecule has 2 aromatic carbocycles. The average molecular weight is 449 g/mol. The lowest BCUT2D eigenvalue weighted by molar-refractivity contribution is 0.0937. The summed E-state index contributed by atoms with van der Waals surface area (Å²) in [6.07, 6.45) is 0. The van der Waals surface area contributed by atoms with Crippen molar-refractivity contribution in [3.8, 4) is 0 Å². The molecule has 0 radical (unpaired) electrons. The Morgan fingerprint density at radius 2 is 1.78 bits per heavy atom. The Hall–Kier alpha value is -3.46. The first-order valence-electron chi connectivity index (χ1n) is 10.4. The van der Waals surface area contributed by atoms with E-state index in [0.29, 0.717) is 39.0 Å². The molecule has 1 amide bonds. The topological polar surface area (TPSA) is 106 Å². The van der Waals surface area contributed by atoms with E-state index in [1.165, 1.54) is 11.8 Å². The Morgan fingerprint density at radius 1 is 1.06 bits per heavy atom. The third-order valence-corrected chi connectivity index (χ3v) is 5.93. The molecule has 2 heterocycles. The van der Waals surface area contributed by atoms with E-state index in [2.05, 4.69) is 25.5 Å². The Morgan fingerprint density at radius 3 is 2.53 bits per heavy atom. The third kappa shape index (κ3) is 4.57. The van der Waals surface area contributed by atoms with Gasteiger partial charge in [0.2, 0.25) is 0 Å². The molecule has 9 heteroatoms. The van der Waals surface area contributed by atoms with Crippen molar-refractivity contribution in [2.45, 2.75) is 43.8 Å². The standard InChI is InChI=1S/C23H24N6O2S/c1-14(2)29-20(15(3)24-21(30)16-9-5-4-6-10-16)27-28-23(29)32-13-19-25-18-12-8-7-11-17(18)22(31)26-19/h4-12,14-15H,13H2,1-3H3,(H,24,30)(H,25,26,31). The number of rotatable bonds is 7. The second-order valence-corrected chi connectivity index (χ2v) is 8.63. The van der Waals surface area contributed by atoms with Crippen LogP contribution in [0.4, 0.5) is 0 Å². The van der Waals surface area contributed by atoms with Crippen LogP contribution in [0.25, 0.3) is 10.9 Å². The molecule has 164 valence electrons. The van der Waals surface area contributed by atoms with Crippen LogP contribution in [0.3, 0.4) is 0 Å². The van der Waals surface area contributed by atoms with Crippen LogP contribution in [0, 0.1) is 0 Å². The van der Waals surface area contributed by atoms with Crippen LogP contribution in [-0.2, 0) is 5.75 Å². The molecule has 1 unspecified atom stereocenters. The van der Waals surface area contributed by atoms with Crippen LogP contribution >= 0.6 is 11.8 Å². The zero-order chi connectivity index (χ0) is 22.7. The highest BCUT2D eigenvalue weighted by Gasteiger charge is 2.22. The molecule has 0 aliphatic carbocycles. The van der Waals surface area contributed by atoms with E-state index in [1.807, 2.05) is 61.7 Å². The van der Waals surface area contributed by atoms with E-state index < -0.39 is 0 Å². The molecule has 4 aromatic rings. The average Bonchev–Trinajstić information content (AvgIpc) is 3.23. The Bertz CT molecular complexity index is 1300. The van der Waals surface area contributed by atoms with Gasteiger partial charge < -0.3 is 14.9 Å². The first-order valence-corrected chi connectivity index (χ1v) is 11.3. The van der Waals surface area contributed by atoms with E-state index in [4.69, 9.17) is 0 Å². The molecular formula is C23H24N6O2S. The van der Waals surface area contributed by atoms with Crippen LogP contribution in [0.15, 0.2) is 64.5 Å². The summed E-state index contributed by atoms with van der Waals surface area (Å²) >= 11 is 1.44. The molecule has 8 nitrogen and oxygen atoms in total. The number of benzene rings is 2. The summed E-state index contributed by atoms with van der Waals surface area (Å²) in [4.78, 5) is 32.3. The SMILES string of the molecule is CC(NC(=O)c1ccccc1)c1nnc(SCc2nc3ccccc3c(=O)[nH]2)n1C(C)C. The lowest BCUT2D eigenvalue weighted by Crippen LogP contribution is -2.29. The molecule has 4 rings (SSSR count). The number of H-pyrrole nitrogens is 1. The van der Waals surface area contributed by atoms with Crippen LogP contribution in [-0.4, -0.2) is 30.6 Å². The lowest BCUT2D eigenvalue weighted by Gasteiger charge is -2.18. The number of para-hydroxylation sites is 1. The van der Waals surface area contributed by atoms with Crippen molar-refractivity contribution in [1.29, 1.82) is 0 Å². The summed E-state index contributed by atoms with van der Waals surface area (Å²) in [7, 11) is 0. The highest BCUT2D eigenvalue weighted by molar-refractivity contribution is 7.98. The van der Waals surface area contributed by atoms with E-state index in [0.717, 1.165) is 0 Å². The molecule has 0 spiro atoms. The van der Waals surface area contributed by atoms with Gasteiger partial charge in [0.25, 0.3) is 11.5 Å². The number of carbonyl (C=O) groups is 1. The predicted molar refractivity (Wildman–Crippen MR) is 125 cm³/mol. The molecule has 2 aromatic heterocycles. The third-order valence-electron chi connectivity index (χ3n) is 4.98. The van der Waals surface area contributed by atoms with Crippen molar-refractivity contribution in [3.63, 3.8) is 0 Å². The van der Waals surface area contributed by atoms with Crippen molar-refractivity contribution < 1.29 is 4.79 Å². The molecule has 2 N–H and O–H groups in total. The van der Waals surface area contributed by atoms with Crippen molar-refractivity contribution in [2.75, 3.05) is 0 Å². The fourth-order valence-electron chi connectivity index (χ4n) is 3.44. The number of fused-ring (bicyclic) bond motifs is 1. The first kappa shape index (κ1) is 21.8. The predicted octanol–water partition coefficient (Wildman–Crippen LogP) is 3.88. The fraction of sp³-hybridized carbons (Fsp3) is 0.261. The van der Waals surface area contributed by atoms with Gasteiger partial charge in [-0.3, -0.25) is 9.59 Å². The first-order chi connectivity index (χ1) is 15.4. The van der Waals surface area contributed by atoms with Gasteiger partial charge in [-0.1, -0.05) is 42.1 Å². The molecule has 0 fully saturated rings. The van der Waals surface area contributed by atoms with E-state index in [1.54, 1.807) is 18.2 Å². The number of hydrogen-bond donors (Lipinski definition) is 2. The van der Waals surface area contributed by atoms with Crippen LogP contribution in [0.2, 0.25) is 0 Å². The molecule has 0 bridgehead atoms. The van der Waals surface area contributed by atoms with Gasteiger partial charge in [-0.2, -0.15) is 0 Å². The molecule has 0 saturated heterocycles. The fourth-order valence-corrected chi connectivity index (χ4v) is 4.38. The van der Waals surface area contributed by atoms with Gasteiger partial charge in [-0.05, 0) is 45.0 Å². The van der Waals surface area contributed by atoms with Gasteiger partial charge in [0.05, 0.1) is 22.7 Å². The van der Waals surface area contributed by atoms with Gasteiger partial charge in [0.15, 0.2) is 11.0 Å². The molecule has 0 aliphatic heterocycles. The van der Waals surface area contributed by atoms with Crippen molar-refractivity contribution in [1.82, 2.24) is 30.0 Å². The maximum absolute atomic E-state index is 12.6. The van der Waals surface area contributed by atoms with Crippen LogP contribution < -0.4 is 10.9 Å². The quantitative estimate of drug-likeness (QED) is 0.416. The molecule has 0 aliphatic rings. The van der Waals surface area contributed by atoms with E-state index in [-0.39, 0.29) is 23.6 Å². The molecular weight excluding hydrogens is 424 g/mol. The zero-order valence-corrected chi connectivity index (χ0v) is 18.9. The van der Waals surface area contributed by atoms with E-state index >= 15 is 0 Å². The minimum atomic E-state index is -0.328. The summed E-state index contributed by atoms with van der Waals surface area (Å²) in [5.74, 6) is 1.52. The highest BCUT2D eigenvalue weighted by Crippen LogP contribution is 2.26. The van der Waals surface area contributed by atoms with Crippen LogP contribution in [0.1, 0.15) is 54.9 Å². The summed E-state index contributed by atoms with van der Waals surface area (Å²) in [5.41, 5.74) is 1.10. The number of hydrogen-bond acceptors (Lipinski definition) is 6. The van der Waals surface area contributed by atoms with Gasteiger partial charge in [0.1, 0.15) is 5.82 Å². The summed E-state index contributed by atoms with van der Waals surface area (Å²) < 4.78 is 2.00. The smallest absolute Gasteiger partial charge is 0.258 e. The second kappa shape index (κ2) is 9.35. The highest BCUT2D eigenvalue weighted by atomic mass is 32.2. The largest absolute Gasteiger partial charge is 0.342 e. The Kier molecular flexibility index (Phi) is 6.36. The summed E-state index contributed by atoms with van der Waals surface area (Å²) in [5, 5.41) is 13.0. The van der Waals surface area contributed by atoms with Crippen molar-refractivity contribution in [2.24, 2.45) is 0 Å². The maximum atomic E-state index is 12.6. The number of aromatic amines is 1. The molecule has 1 atom stereocenters. The minimum absolute atomic E-state index is 0.0854. The Balaban J connectivity index is 1.53. The molecule has 32 heavy (non-hydrogen) atoms. The van der Waals surface area contributed by atoms with Gasteiger partial charge in [-0.15, -0.1) is 10.2 Å². The summed E-state index contributed by atoms with van der Waals surface area (Å²) in [6, 6.07) is 16.1. The van der Waals surface area contributed by atoms with Gasteiger partial charge >= 0.3 is 0 Å². The number of nitrogens with one attached hydrogen (secondary N) is 2. The van der Waals surface area contributed by atoms with Crippen molar-refractivity contribution in [3.05, 3.63) is 82.2 Å². The lowest BCUT2D eigenvalue weighted by atomic mass is 10.2. The second-order valence-electron chi connectivity index (χ2n) is 7.68. The van der Waals surface area contributed by atoms with Crippen LogP contribution in [0.5, 0.6) is 0 Å². The number of nitrogens with zero attached hydrogens (tertiary/aromatic N) is 4. The Labute approximate surface area is 189 Å². The number of amides is 1. The monoisotopic (exact) mass is 448 g/mol. The van der Waals surface area contributed by atoms with E-state index in [9.17, 15) is 9.59 Å².